The molecule has 12 heteroatoms. The Balaban J connectivity index is 4.54. The SMILES string of the molecule is [B]P(C)(=O)OP(=O)(O)OP(=O)(O)O. The van der Waals surface area contributed by atoms with Gasteiger partial charge in [0, 0.05) is 6.66 Å². The van der Waals surface area contributed by atoms with Gasteiger partial charge in [0.2, 0.25) is 7.57 Å². The molecule has 0 rings (SSSR count). The minimum atomic E-state index is -5.19. The quantitative estimate of drug-likeness (QED) is 0.476. The van der Waals surface area contributed by atoms with E-state index in [1.54, 1.807) is 0 Å². The fourth-order valence-corrected chi connectivity index (χ4v) is 3.46. The van der Waals surface area contributed by atoms with Gasteiger partial charge in [0.05, 0.1) is 0 Å². The summed E-state index contributed by atoms with van der Waals surface area (Å²) in [6.07, 6.45) is 0. The zero-order valence-electron chi connectivity index (χ0n) is 6.30. The minimum absolute atomic E-state index is 0.777. The van der Waals surface area contributed by atoms with Gasteiger partial charge in [-0.25, -0.2) is 13.4 Å². The highest BCUT2D eigenvalue weighted by atomic mass is 31.3. The van der Waals surface area contributed by atoms with Crippen LogP contribution in [0, 0.1) is 0 Å². The third-order valence-corrected chi connectivity index (χ3v) is 4.27. The maximum Gasteiger partial charge on any atom is 0.486 e. The van der Waals surface area contributed by atoms with Crippen LogP contribution >= 0.6 is 22.9 Å². The normalized spacial score (nSPS) is 21.8. The Bertz CT molecular complexity index is 281. The van der Waals surface area contributed by atoms with Gasteiger partial charge in [0.15, 0.2) is 7.25 Å². The maximum atomic E-state index is 10.6. The smallest absolute Gasteiger partial charge is 0.306 e. The lowest BCUT2D eigenvalue weighted by Gasteiger charge is -2.14. The molecule has 0 heterocycles. The van der Waals surface area contributed by atoms with E-state index in [-0.39, 0.29) is 0 Å². The van der Waals surface area contributed by atoms with Crippen molar-refractivity contribution in [2.45, 2.75) is 0 Å². The second kappa shape index (κ2) is 3.97. The van der Waals surface area contributed by atoms with Crippen molar-refractivity contribution in [2.75, 3.05) is 6.66 Å². The molecule has 0 aliphatic rings. The standard InChI is InChI=1S/CH6BO8P3/c1-11(2,3)9-13(7,8)10-12(4,5)6/h1H3,(H,7,8)(H2,4,5,6). The Morgan fingerprint density at radius 2 is 1.46 bits per heavy atom. The molecule has 2 atom stereocenters. The predicted octanol–water partition coefficient (Wildman–Crippen LogP) is 0.204. The topological polar surface area (TPSA) is 130 Å². The molecule has 76 valence electrons. The van der Waals surface area contributed by atoms with Crippen molar-refractivity contribution < 1.29 is 37.0 Å². The van der Waals surface area contributed by atoms with Crippen LogP contribution < -0.4 is 0 Å². The average molecular weight is 250 g/mol. The summed E-state index contributed by atoms with van der Waals surface area (Å²) >= 11 is 0. The third-order valence-electron chi connectivity index (χ3n) is 0.475. The fourth-order valence-electron chi connectivity index (χ4n) is 0.354. The summed E-state index contributed by atoms with van der Waals surface area (Å²) in [4.78, 5) is 24.7. The van der Waals surface area contributed by atoms with Crippen molar-refractivity contribution in [1.29, 1.82) is 0 Å². The van der Waals surface area contributed by atoms with Crippen molar-refractivity contribution >= 4 is 30.5 Å². The fraction of sp³-hybridized carbons (Fsp3) is 1.00. The Hall–Kier alpha value is 0.555. The zero-order chi connectivity index (χ0) is 10.9. The van der Waals surface area contributed by atoms with Gasteiger partial charge in [-0.3, -0.25) is 0 Å². The lowest BCUT2D eigenvalue weighted by atomic mass is 10.8. The molecule has 0 spiro atoms. The van der Waals surface area contributed by atoms with E-state index in [1.807, 2.05) is 0 Å². The molecule has 0 aliphatic heterocycles. The van der Waals surface area contributed by atoms with Gasteiger partial charge in [-0.05, 0) is 0 Å². The monoisotopic (exact) mass is 250 g/mol. The summed E-state index contributed by atoms with van der Waals surface area (Å²) < 4.78 is 38.3. The Morgan fingerprint density at radius 3 is 1.69 bits per heavy atom. The average Bonchev–Trinajstić information content (AvgIpc) is 1.43. The molecule has 2 radical (unpaired) electrons. The van der Waals surface area contributed by atoms with E-state index < -0.39 is 22.9 Å². The van der Waals surface area contributed by atoms with E-state index in [4.69, 9.17) is 22.2 Å². The number of phosphoric acid groups is 2. The summed E-state index contributed by atoms with van der Waals surface area (Å²) in [6.45, 7) is 0.777. The van der Waals surface area contributed by atoms with Crippen LogP contribution in [0.4, 0.5) is 0 Å². The van der Waals surface area contributed by atoms with Gasteiger partial charge in [0.1, 0.15) is 0 Å². The molecule has 8 nitrogen and oxygen atoms in total. The number of hydrogen-bond donors (Lipinski definition) is 3. The molecule has 2 unspecified atom stereocenters. The molecule has 0 fully saturated rings. The first-order chi connectivity index (χ1) is 5.41. The highest BCUT2D eigenvalue weighted by molar-refractivity contribution is 7.87. The van der Waals surface area contributed by atoms with Crippen LogP contribution in [0.1, 0.15) is 0 Å². The van der Waals surface area contributed by atoms with E-state index in [0.29, 0.717) is 0 Å². The molecular formula is CH6BO8P3. The first-order valence-corrected chi connectivity index (χ1v) is 7.75. The van der Waals surface area contributed by atoms with Crippen LogP contribution in [-0.2, 0) is 22.3 Å². The van der Waals surface area contributed by atoms with Gasteiger partial charge >= 0.3 is 15.6 Å². The number of rotatable bonds is 4. The summed E-state index contributed by atoms with van der Waals surface area (Å²) in [7, 11) is -9.42. The maximum absolute atomic E-state index is 10.6. The van der Waals surface area contributed by atoms with Gasteiger partial charge in [-0.1, -0.05) is 0 Å². The van der Waals surface area contributed by atoms with E-state index >= 15 is 0 Å². The van der Waals surface area contributed by atoms with Crippen molar-refractivity contribution in [3.63, 3.8) is 0 Å². The van der Waals surface area contributed by atoms with E-state index in [1.165, 1.54) is 0 Å². The highest BCUT2D eigenvalue weighted by Crippen LogP contribution is 2.64. The summed E-state index contributed by atoms with van der Waals surface area (Å²) in [5, 5.41) is 0. The summed E-state index contributed by atoms with van der Waals surface area (Å²) in [6, 6.07) is 0. The van der Waals surface area contributed by atoms with Crippen LogP contribution in [0.5, 0.6) is 0 Å². The lowest BCUT2D eigenvalue weighted by molar-refractivity contribution is 0.232. The Kier molecular flexibility index (Phi) is 4.14. The van der Waals surface area contributed by atoms with Crippen LogP contribution in [-0.4, -0.2) is 28.9 Å². The zero-order valence-corrected chi connectivity index (χ0v) is 8.99. The third kappa shape index (κ3) is 8.87. The summed E-state index contributed by atoms with van der Waals surface area (Å²) in [5.41, 5.74) is 0. The second-order valence-corrected chi connectivity index (χ2v) is 7.07. The Labute approximate surface area is 74.9 Å². The van der Waals surface area contributed by atoms with Crippen molar-refractivity contribution in [1.82, 2.24) is 0 Å². The predicted molar refractivity (Wildman–Crippen MR) is 43.3 cm³/mol. The molecule has 3 N–H and O–H groups in total. The lowest BCUT2D eigenvalue weighted by Crippen LogP contribution is -1.91. The molecule has 0 saturated carbocycles. The molecule has 0 aromatic heterocycles. The van der Waals surface area contributed by atoms with Gasteiger partial charge < -0.3 is 19.2 Å². The van der Waals surface area contributed by atoms with Crippen molar-refractivity contribution in [3.8, 4) is 0 Å². The first kappa shape index (κ1) is 13.6. The van der Waals surface area contributed by atoms with Crippen LogP contribution in [0.25, 0.3) is 0 Å². The Morgan fingerprint density at radius 1 is 1.08 bits per heavy atom. The second-order valence-electron chi connectivity index (χ2n) is 2.03. The first-order valence-electron chi connectivity index (χ1n) is 2.58. The minimum Gasteiger partial charge on any atom is -0.306 e. The van der Waals surface area contributed by atoms with Crippen molar-refractivity contribution in [2.24, 2.45) is 0 Å². The van der Waals surface area contributed by atoms with Gasteiger partial charge in [-0.2, -0.15) is 4.31 Å². The molecular weight excluding hydrogens is 244 g/mol. The largest absolute Gasteiger partial charge is 0.486 e. The van der Waals surface area contributed by atoms with Gasteiger partial charge in [0.25, 0.3) is 0 Å². The molecule has 0 bridgehead atoms. The number of hydrogen-bond acceptors (Lipinski definition) is 5. The van der Waals surface area contributed by atoms with E-state index in [2.05, 4.69) is 8.62 Å². The molecule has 0 saturated heterocycles. The van der Waals surface area contributed by atoms with Crippen molar-refractivity contribution in [3.05, 3.63) is 0 Å². The highest BCUT2D eigenvalue weighted by Gasteiger charge is 2.35. The van der Waals surface area contributed by atoms with E-state index in [9.17, 15) is 13.7 Å². The van der Waals surface area contributed by atoms with Crippen LogP contribution in [0.15, 0.2) is 0 Å². The molecule has 13 heavy (non-hydrogen) atoms. The summed E-state index contributed by atoms with van der Waals surface area (Å²) in [5.74, 6) is 0. The van der Waals surface area contributed by atoms with Gasteiger partial charge in [-0.15, -0.1) is 0 Å². The molecule has 0 aromatic carbocycles. The molecule has 0 aromatic rings. The van der Waals surface area contributed by atoms with E-state index in [0.717, 1.165) is 6.66 Å². The molecule has 0 amide bonds. The van der Waals surface area contributed by atoms with Crippen LogP contribution in [0.3, 0.4) is 0 Å². The molecule has 0 aliphatic carbocycles. The van der Waals surface area contributed by atoms with Crippen LogP contribution in [0.2, 0.25) is 0 Å².